The Bertz CT molecular complexity index is 592. The van der Waals surface area contributed by atoms with E-state index in [2.05, 4.69) is 19.9 Å². The zero-order chi connectivity index (χ0) is 13.1. The lowest BCUT2D eigenvalue weighted by Crippen LogP contribution is -2.22. The van der Waals surface area contributed by atoms with Gasteiger partial charge in [-0.15, -0.1) is 16.4 Å². The SMILES string of the molecule is Cc1nnsc1C(=O)NCc1nc(C(=O)O)cs1. The second kappa shape index (κ2) is 5.19. The largest absolute Gasteiger partial charge is 0.476 e. The third-order valence-corrected chi connectivity index (χ3v) is 3.70. The van der Waals surface area contributed by atoms with E-state index >= 15 is 0 Å². The molecule has 0 radical (unpaired) electrons. The number of carboxylic acids is 1. The van der Waals surface area contributed by atoms with Gasteiger partial charge in [-0.05, 0) is 18.5 Å². The number of nitrogens with one attached hydrogen (secondary N) is 1. The van der Waals surface area contributed by atoms with Crippen molar-refractivity contribution >= 4 is 34.7 Å². The van der Waals surface area contributed by atoms with Crippen molar-refractivity contribution in [2.24, 2.45) is 0 Å². The van der Waals surface area contributed by atoms with Crippen LogP contribution >= 0.6 is 22.9 Å². The number of carbonyl (C=O) groups is 2. The second-order valence-electron chi connectivity index (χ2n) is 3.30. The van der Waals surface area contributed by atoms with E-state index in [0.717, 1.165) is 11.5 Å². The molecule has 2 rings (SSSR count). The summed E-state index contributed by atoms with van der Waals surface area (Å²) in [6.45, 7) is 1.89. The van der Waals surface area contributed by atoms with Crippen LogP contribution in [0, 0.1) is 6.92 Å². The predicted octanol–water partition coefficient (Wildman–Crippen LogP) is 0.931. The van der Waals surface area contributed by atoms with Gasteiger partial charge in [-0.2, -0.15) is 0 Å². The lowest BCUT2D eigenvalue weighted by atomic mass is 10.4. The highest BCUT2D eigenvalue weighted by atomic mass is 32.1. The molecule has 0 saturated heterocycles. The molecule has 0 aliphatic carbocycles. The molecule has 1 amide bonds. The summed E-state index contributed by atoms with van der Waals surface area (Å²) in [7, 11) is 0. The van der Waals surface area contributed by atoms with Crippen molar-refractivity contribution in [1.82, 2.24) is 19.9 Å². The summed E-state index contributed by atoms with van der Waals surface area (Å²) in [6.07, 6.45) is 0. The monoisotopic (exact) mass is 284 g/mol. The molecule has 0 aliphatic heterocycles. The fourth-order valence-electron chi connectivity index (χ4n) is 1.17. The highest BCUT2D eigenvalue weighted by Crippen LogP contribution is 2.11. The first-order valence-electron chi connectivity index (χ1n) is 4.82. The Labute approximate surface area is 110 Å². The van der Waals surface area contributed by atoms with E-state index in [0.29, 0.717) is 15.6 Å². The molecular weight excluding hydrogens is 276 g/mol. The van der Waals surface area contributed by atoms with Crippen molar-refractivity contribution in [3.05, 3.63) is 26.7 Å². The van der Waals surface area contributed by atoms with Crippen LogP contribution in [-0.4, -0.2) is 31.6 Å². The Hall–Kier alpha value is -1.87. The summed E-state index contributed by atoms with van der Waals surface area (Å²) < 4.78 is 3.67. The number of aromatic carboxylic acids is 1. The molecule has 0 atom stereocenters. The number of aryl methyl sites for hydroxylation is 1. The van der Waals surface area contributed by atoms with Crippen LogP contribution in [0.1, 0.15) is 30.9 Å². The first-order valence-corrected chi connectivity index (χ1v) is 6.48. The van der Waals surface area contributed by atoms with E-state index in [-0.39, 0.29) is 18.1 Å². The van der Waals surface area contributed by atoms with Gasteiger partial charge in [0, 0.05) is 5.38 Å². The lowest BCUT2D eigenvalue weighted by Gasteiger charge is -2.00. The van der Waals surface area contributed by atoms with Gasteiger partial charge in [0.15, 0.2) is 5.69 Å². The van der Waals surface area contributed by atoms with Crippen LogP contribution in [0.3, 0.4) is 0 Å². The Morgan fingerprint density at radius 3 is 2.83 bits per heavy atom. The molecule has 2 aromatic heterocycles. The molecule has 0 fully saturated rings. The minimum Gasteiger partial charge on any atom is -0.476 e. The van der Waals surface area contributed by atoms with Crippen molar-refractivity contribution in [3.8, 4) is 0 Å². The van der Waals surface area contributed by atoms with Crippen LogP contribution in [0.4, 0.5) is 0 Å². The zero-order valence-electron chi connectivity index (χ0n) is 9.21. The summed E-state index contributed by atoms with van der Waals surface area (Å²) in [5.74, 6) is -1.36. The first-order chi connectivity index (χ1) is 8.58. The Balaban J connectivity index is 1.97. The van der Waals surface area contributed by atoms with Gasteiger partial charge < -0.3 is 10.4 Å². The van der Waals surface area contributed by atoms with Gasteiger partial charge in [-0.3, -0.25) is 4.79 Å². The van der Waals surface area contributed by atoms with Gasteiger partial charge in [-0.25, -0.2) is 9.78 Å². The van der Waals surface area contributed by atoms with Crippen LogP contribution in [0.5, 0.6) is 0 Å². The summed E-state index contributed by atoms with van der Waals surface area (Å²) in [5.41, 5.74) is 0.558. The van der Waals surface area contributed by atoms with Crippen LogP contribution in [0.25, 0.3) is 0 Å². The number of hydrogen-bond donors (Lipinski definition) is 2. The minimum absolute atomic E-state index is 0.0140. The summed E-state index contributed by atoms with van der Waals surface area (Å²) in [4.78, 5) is 26.7. The van der Waals surface area contributed by atoms with Crippen LogP contribution < -0.4 is 5.32 Å². The molecular formula is C9H8N4O3S2. The number of nitrogens with zero attached hydrogens (tertiary/aromatic N) is 3. The third-order valence-electron chi connectivity index (χ3n) is 2.03. The third kappa shape index (κ3) is 2.68. The van der Waals surface area contributed by atoms with Crippen molar-refractivity contribution in [2.45, 2.75) is 13.5 Å². The molecule has 2 heterocycles. The quantitative estimate of drug-likeness (QED) is 0.865. The second-order valence-corrected chi connectivity index (χ2v) is 5.00. The summed E-state index contributed by atoms with van der Waals surface area (Å²) in [5, 5.41) is 17.1. The number of rotatable bonds is 4. The smallest absolute Gasteiger partial charge is 0.355 e. The van der Waals surface area contributed by atoms with Crippen molar-refractivity contribution in [2.75, 3.05) is 0 Å². The number of carboxylic acid groups (broad SMARTS) is 1. The van der Waals surface area contributed by atoms with Gasteiger partial charge in [-0.1, -0.05) is 4.49 Å². The van der Waals surface area contributed by atoms with Crippen LogP contribution in [0.15, 0.2) is 5.38 Å². The fraction of sp³-hybridized carbons (Fsp3) is 0.222. The molecule has 94 valence electrons. The molecule has 0 spiro atoms. The van der Waals surface area contributed by atoms with Gasteiger partial charge in [0.1, 0.15) is 9.88 Å². The van der Waals surface area contributed by atoms with E-state index in [1.807, 2.05) is 0 Å². The van der Waals surface area contributed by atoms with Crippen molar-refractivity contribution < 1.29 is 14.7 Å². The molecule has 9 heteroatoms. The Morgan fingerprint density at radius 1 is 1.50 bits per heavy atom. The van der Waals surface area contributed by atoms with Crippen molar-refractivity contribution in [1.29, 1.82) is 0 Å². The van der Waals surface area contributed by atoms with Gasteiger partial charge >= 0.3 is 5.97 Å². The fourth-order valence-corrected chi connectivity index (χ4v) is 2.45. The number of hydrogen-bond acceptors (Lipinski definition) is 7. The Kier molecular flexibility index (Phi) is 3.63. The number of thiazole rings is 1. The summed E-state index contributed by atoms with van der Waals surface area (Å²) in [6, 6.07) is 0. The maximum atomic E-state index is 11.7. The lowest BCUT2D eigenvalue weighted by molar-refractivity contribution is 0.0691. The maximum absolute atomic E-state index is 11.7. The van der Waals surface area contributed by atoms with E-state index < -0.39 is 5.97 Å². The van der Waals surface area contributed by atoms with Crippen LogP contribution in [-0.2, 0) is 6.54 Å². The number of aromatic nitrogens is 3. The molecule has 0 aliphatic rings. The minimum atomic E-state index is -1.08. The highest BCUT2D eigenvalue weighted by molar-refractivity contribution is 7.09. The molecule has 18 heavy (non-hydrogen) atoms. The normalized spacial score (nSPS) is 10.3. The number of amides is 1. The van der Waals surface area contributed by atoms with E-state index in [1.54, 1.807) is 6.92 Å². The predicted molar refractivity (Wildman–Crippen MR) is 64.9 cm³/mol. The van der Waals surface area contributed by atoms with Crippen LogP contribution in [0.2, 0.25) is 0 Å². The molecule has 7 nitrogen and oxygen atoms in total. The summed E-state index contributed by atoms with van der Waals surface area (Å²) >= 11 is 2.21. The molecule has 2 N–H and O–H groups in total. The first kappa shape index (κ1) is 12.6. The maximum Gasteiger partial charge on any atom is 0.355 e. The van der Waals surface area contributed by atoms with E-state index in [4.69, 9.17) is 5.11 Å². The van der Waals surface area contributed by atoms with Gasteiger partial charge in [0.25, 0.3) is 5.91 Å². The standard InChI is InChI=1S/C9H8N4O3S2/c1-4-7(18-13-12-4)8(14)10-2-6-11-5(3-17-6)9(15)16/h3H,2H2,1H3,(H,10,14)(H,15,16). The zero-order valence-corrected chi connectivity index (χ0v) is 10.8. The molecule has 0 unspecified atom stereocenters. The van der Waals surface area contributed by atoms with Gasteiger partial charge in [0.05, 0.1) is 12.2 Å². The average molecular weight is 284 g/mol. The molecule has 0 saturated carbocycles. The molecule has 0 aromatic carbocycles. The highest BCUT2D eigenvalue weighted by Gasteiger charge is 2.14. The van der Waals surface area contributed by atoms with Crippen molar-refractivity contribution in [3.63, 3.8) is 0 Å². The topological polar surface area (TPSA) is 105 Å². The van der Waals surface area contributed by atoms with E-state index in [1.165, 1.54) is 16.7 Å². The van der Waals surface area contributed by atoms with E-state index in [9.17, 15) is 9.59 Å². The number of carbonyl (C=O) groups excluding carboxylic acids is 1. The Morgan fingerprint density at radius 2 is 2.28 bits per heavy atom. The molecule has 0 bridgehead atoms. The average Bonchev–Trinajstić information content (AvgIpc) is 2.94. The van der Waals surface area contributed by atoms with Gasteiger partial charge in [0.2, 0.25) is 0 Å². The molecule has 2 aromatic rings.